The van der Waals surface area contributed by atoms with E-state index in [2.05, 4.69) is 10.4 Å². The fourth-order valence-corrected chi connectivity index (χ4v) is 2.02. The molecule has 16 heavy (non-hydrogen) atoms. The fourth-order valence-electron chi connectivity index (χ4n) is 1.48. The van der Waals surface area contributed by atoms with Crippen molar-refractivity contribution in [1.29, 1.82) is 0 Å². The van der Waals surface area contributed by atoms with Gasteiger partial charge in [-0.05, 0) is 12.1 Å². The van der Waals surface area contributed by atoms with Crippen LogP contribution in [0.3, 0.4) is 0 Å². The van der Waals surface area contributed by atoms with E-state index in [9.17, 15) is 4.79 Å². The molecule has 0 radical (unpaired) electrons. The van der Waals surface area contributed by atoms with Crippen molar-refractivity contribution >= 4 is 40.5 Å². The molecule has 0 aromatic heterocycles. The molecule has 0 bridgehead atoms. The fraction of sp³-hybridized carbons (Fsp3) is 0.200. The van der Waals surface area contributed by atoms with Crippen LogP contribution in [0.5, 0.6) is 0 Å². The van der Waals surface area contributed by atoms with Crippen LogP contribution < -0.4 is 5.32 Å². The van der Waals surface area contributed by atoms with Gasteiger partial charge in [-0.1, -0.05) is 23.2 Å². The van der Waals surface area contributed by atoms with Gasteiger partial charge in [0.25, 0.3) is 5.91 Å². The third-order valence-electron chi connectivity index (χ3n) is 2.06. The predicted octanol–water partition coefficient (Wildman–Crippen LogP) is 2.21. The van der Waals surface area contributed by atoms with Crippen molar-refractivity contribution in [2.75, 3.05) is 19.4 Å². The molecule has 6 heteroatoms. The lowest BCUT2D eigenvalue weighted by Crippen LogP contribution is -2.18. The standard InChI is InChI=1S/C10H9Cl2N3O/c1-15(2)14-9-6-3-5(11)4-7(12)8(6)13-10(9)16/h3-4H,1-2H3,(H,13,14,16). The quantitative estimate of drug-likeness (QED) is 0.785. The molecule has 1 aromatic carbocycles. The highest BCUT2D eigenvalue weighted by Crippen LogP contribution is 2.34. The van der Waals surface area contributed by atoms with Gasteiger partial charge in [-0.15, -0.1) is 0 Å². The van der Waals surface area contributed by atoms with Crippen molar-refractivity contribution in [3.8, 4) is 0 Å². The number of hydrazone groups is 1. The van der Waals surface area contributed by atoms with E-state index in [1.807, 2.05) is 0 Å². The summed E-state index contributed by atoms with van der Waals surface area (Å²) in [4.78, 5) is 11.7. The van der Waals surface area contributed by atoms with Gasteiger partial charge >= 0.3 is 0 Å². The Kier molecular flexibility index (Phi) is 2.78. The van der Waals surface area contributed by atoms with Crippen LogP contribution in [0.1, 0.15) is 5.56 Å². The van der Waals surface area contributed by atoms with Crippen molar-refractivity contribution in [2.24, 2.45) is 5.10 Å². The van der Waals surface area contributed by atoms with Crippen molar-refractivity contribution in [1.82, 2.24) is 5.01 Å². The van der Waals surface area contributed by atoms with Crippen LogP contribution in [0.2, 0.25) is 10.0 Å². The Balaban J connectivity index is 2.61. The first-order valence-electron chi connectivity index (χ1n) is 4.55. The molecule has 2 rings (SSSR count). The zero-order valence-electron chi connectivity index (χ0n) is 8.71. The van der Waals surface area contributed by atoms with Gasteiger partial charge in [0.1, 0.15) is 0 Å². The molecule has 4 nitrogen and oxygen atoms in total. The third kappa shape index (κ3) is 1.86. The lowest BCUT2D eigenvalue weighted by Gasteiger charge is -2.05. The van der Waals surface area contributed by atoms with Crippen LogP contribution in [0, 0.1) is 0 Å². The molecule has 1 aromatic rings. The van der Waals surface area contributed by atoms with Crippen LogP contribution in [0.25, 0.3) is 0 Å². The van der Waals surface area contributed by atoms with E-state index in [-0.39, 0.29) is 5.91 Å². The van der Waals surface area contributed by atoms with Crippen LogP contribution in [-0.2, 0) is 4.79 Å². The summed E-state index contributed by atoms with van der Waals surface area (Å²) in [6, 6.07) is 3.25. The van der Waals surface area contributed by atoms with Crippen LogP contribution >= 0.6 is 23.2 Å². The van der Waals surface area contributed by atoms with E-state index in [1.54, 1.807) is 31.2 Å². The number of amides is 1. The van der Waals surface area contributed by atoms with E-state index < -0.39 is 0 Å². The Hall–Kier alpha value is -1.26. The lowest BCUT2D eigenvalue weighted by atomic mass is 10.1. The SMILES string of the molecule is CN(C)N=C1C(=O)Nc2c(Cl)cc(Cl)cc21. The Labute approximate surface area is 103 Å². The number of halogens is 2. The van der Waals surface area contributed by atoms with Crippen LogP contribution in [-0.4, -0.2) is 30.7 Å². The zero-order valence-corrected chi connectivity index (χ0v) is 10.2. The largest absolute Gasteiger partial charge is 0.319 e. The number of anilines is 1. The first-order chi connectivity index (χ1) is 7.49. The number of nitrogens with zero attached hydrogens (tertiary/aromatic N) is 2. The number of fused-ring (bicyclic) bond motifs is 1. The molecule has 1 aliphatic heterocycles. The van der Waals surface area contributed by atoms with Gasteiger partial charge in [0.2, 0.25) is 0 Å². The molecular weight excluding hydrogens is 249 g/mol. The van der Waals surface area contributed by atoms with Crippen molar-refractivity contribution < 1.29 is 4.79 Å². The number of carbonyl (C=O) groups is 1. The normalized spacial score (nSPS) is 16.2. The van der Waals surface area contributed by atoms with Crippen LogP contribution in [0.15, 0.2) is 17.2 Å². The van der Waals surface area contributed by atoms with Gasteiger partial charge in [0.15, 0.2) is 5.71 Å². The van der Waals surface area contributed by atoms with Crippen molar-refractivity contribution in [3.63, 3.8) is 0 Å². The summed E-state index contributed by atoms with van der Waals surface area (Å²) in [7, 11) is 3.48. The topological polar surface area (TPSA) is 44.7 Å². The Morgan fingerprint density at radius 2 is 2.00 bits per heavy atom. The van der Waals surface area contributed by atoms with E-state index in [0.29, 0.717) is 27.0 Å². The molecule has 1 amide bonds. The summed E-state index contributed by atoms with van der Waals surface area (Å²) in [6.45, 7) is 0. The first-order valence-corrected chi connectivity index (χ1v) is 5.31. The Morgan fingerprint density at radius 1 is 1.31 bits per heavy atom. The molecule has 0 saturated carbocycles. The minimum absolute atomic E-state index is 0.270. The molecule has 84 valence electrons. The highest BCUT2D eigenvalue weighted by atomic mass is 35.5. The molecule has 1 N–H and O–H groups in total. The molecule has 0 aliphatic carbocycles. The van der Waals surface area contributed by atoms with Gasteiger partial charge < -0.3 is 10.3 Å². The van der Waals surface area contributed by atoms with E-state index in [4.69, 9.17) is 23.2 Å². The third-order valence-corrected chi connectivity index (χ3v) is 2.58. The molecule has 1 aliphatic rings. The number of carbonyl (C=O) groups excluding carboxylic acids is 1. The maximum Gasteiger partial charge on any atom is 0.276 e. The van der Waals surface area contributed by atoms with E-state index in [0.717, 1.165) is 0 Å². The van der Waals surface area contributed by atoms with Crippen molar-refractivity contribution in [2.45, 2.75) is 0 Å². The number of nitrogens with one attached hydrogen (secondary N) is 1. The van der Waals surface area contributed by atoms with Crippen molar-refractivity contribution in [3.05, 3.63) is 27.7 Å². The molecular formula is C10H9Cl2N3O. The highest BCUT2D eigenvalue weighted by Gasteiger charge is 2.28. The second-order valence-corrected chi connectivity index (χ2v) is 4.40. The Morgan fingerprint density at radius 3 is 2.62 bits per heavy atom. The average molecular weight is 258 g/mol. The monoisotopic (exact) mass is 257 g/mol. The van der Waals surface area contributed by atoms with E-state index >= 15 is 0 Å². The Bertz CT molecular complexity index is 497. The van der Waals surface area contributed by atoms with Gasteiger partial charge in [0, 0.05) is 24.7 Å². The summed E-state index contributed by atoms with van der Waals surface area (Å²) < 4.78 is 0. The molecule has 0 atom stereocenters. The minimum Gasteiger partial charge on any atom is -0.319 e. The summed E-state index contributed by atoms with van der Waals surface area (Å²) in [5, 5.41) is 9.21. The van der Waals surface area contributed by atoms with Gasteiger partial charge in [-0.3, -0.25) is 4.79 Å². The molecule has 0 spiro atoms. The summed E-state index contributed by atoms with van der Waals surface area (Å²) in [5.41, 5.74) is 1.53. The summed E-state index contributed by atoms with van der Waals surface area (Å²) in [5.74, 6) is -0.270. The number of hydrogen-bond donors (Lipinski definition) is 1. The second-order valence-electron chi connectivity index (χ2n) is 3.56. The minimum atomic E-state index is -0.270. The van der Waals surface area contributed by atoms with Gasteiger partial charge in [0.05, 0.1) is 10.7 Å². The van der Waals surface area contributed by atoms with Gasteiger partial charge in [-0.25, -0.2) is 0 Å². The van der Waals surface area contributed by atoms with E-state index in [1.165, 1.54) is 0 Å². The maximum absolute atomic E-state index is 11.7. The number of benzene rings is 1. The smallest absolute Gasteiger partial charge is 0.276 e. The van der Waals surface area contributed by atoms with Crippen LogP contribution in [0.4, 0.5) is 5.69 Å². The maximum atomic E-state index is 11.7. The zero-order chi connectivity index (χ0) is 11.9. The number of rotatable bonds is 1. The summed E-state index contributed by atoms with van der Waals surface area (Å²) >= 11 is 11.9. The van der Waals surface area contributed by atoms with Gasteiger partial charge in [-0.2, -0.15) is 5.10 Å². The average Bonchev–Trinajstić information content (AvgIpc) is 2.45. The predicted molar refractivity (Wildman–Crippen MR) is 65.3 cm³/mol. The highest BCUT2D eigenvalue weighted by molar-refractivity contribution is 6.56. The second kappa shape index (κ2) is 3.96. The lowest BCUT2D eigenvalue weighted by molar-refractivity contribution is -0.110. The summed E-state index contributed by atoms with van der Waals surface area (Å²) in [6.07, 6.45) is 0. The molecule has 0 saturated heterocycles. The number of hydrogen-bond acceptors (Lipinski definition) is 3. The molecule has 0 unspecified atom stereocenters. The molecule has 1 heterocycles. The first kappa shape index (κ1) is 11.2. The molecule has 0 fully saturated rings.